The molecule has 5 aromatic carbocycles. The highest BCUT2D eigenvalue weighted by Crippen LogP contribution is 2.43. The summed E-state index contributed by atoms with van der Waals surface area (Å²) >= 11 is 1.84. The number of nitrogens with zero attached hydrogens (tertiary/aromatic N) is 6. The van der Waals surface area contributed by atoms with Crippen LogP contribution in [0.15, 0.2) is 189 Å². The number of fused-ring (bicyclic) bond motifs is 8. The lowest BCUT2D eigenvalue weighted by atomic mass is 9.99. The maximum Gasteiger partial charge on any atom is 0.234 e. The quantitative estimate of drug-likeness (QED) is 0.136. The molecule has 5 heterocycles. The van der Waals surface area contributed by atoms with Gasteiger partial charge in [0.1, 0.15) is 5.82 Å². The van der Waals surface area contributed by atoms with Crippen LogP contribution in [-0.4, -0.2) is 31.0 Å². The monoisotopic (exact) mass is 806 g/mol. The maximum absolute atomic E-state index is 5.40. The SMILES string of the molecule is C=C(CC=C/C=C\C)c1nc(-c2ccccc2)nc(N2C/C=C\C=C/C(=C)c3c2ccc2c4ccccc4n(-c4cccc(Cc5ccc6sc7ccccc7c6c5)n4)c32)n1. The number of hydrogen-bond acceptors (Lipinski definition) is 6. The summed E-state index contributed by atoms with van der Waals surface area (Å²) in [4.78, 5) is 22.8. The van der Waals surface area contributed by atoms with Crippen LogP contribution in [0.5, 0.6) is 0 Å². The second kappa shape index (κ2) is 16.3. The molecule has 1 aliphatic rings. The van der Waals surface area contributed by atoms with Crippen molar-refractivity contribution in [3.05, 3.63) is 212 Å². The molecule has 10 rings (SSSR count). The summed E-state index contributed by atoms with van der Waals surface area (Å²) in [6.07, 6.45) is 17.7. The zero-order chi connectivity index (χ0) is 41.3. The van der Waals surface area contributed by atoms with Gasteiger partial charge < -0.3 is 4.90 Å². The van der Waals surface area contributed by atoms with Gasteiger partial charge in [0.15, 0.2) is 11.6 Å². The average Bonchev–Trinajstić information content (AvgIpc) is 3.86. The summed E-state index contributed by atoms with van der Waals surface area (Å²) in [5.41, 5.74) is 8.80. The van der Waals surface area contributed by atoms with Crippen LogP contribution in [0.25, 0.3) is 70.3 Å². The van der Waals surface area contributed by atoms with Gasteiger partial charge in [0.2, 0.25) is 5.95 Å². The largest absolute Gasteiger partial charge is 0.306 e. The van der Waals surface area contributed by atoms with Crippen molar-refractivity contribution in [2.45, 2.75) is 19.8 Å². The first-order chi connectivity index (χ1) is 30.0. The van der Waals surface area contributed by atoms with Gasteiger partial charge in [0, 0.05) is 60.7 Å². The standard InChI is InChI=1S/C54H42N6S/c1-4-5-6-9-20-37(3)52-56-53(39-21-11-7-12-22-39)58-54(57-52)59-33-17-8-10-19-36(2)50-46(59)31-30-43-41-24-13-15-26-45(41)60(51(43)50)49-28-18-23-40(55-49)34-38-29-32-48-44(35-38)42-25-14-16-27-47(42)61-48/h4-19,21-32,35H,2-3,20,33-34H2,1H3/b5-4-,9-6?,17-8-,19-10-. The van der Waals surface area contributed by atoms with E-state index in [0.29, 0.717) is 37.0 Å². The van der Waals surface area contributed by atoms with Crippen LogP contribution in [0.3, 0.4) is 0 Å². The fraction of sp³-hybridized carbons (Fsp3) is 0.0741. The number of rotatable bonds is 9. The first kappa shape index (κ1) is 37.8. The number of thiophene rings is 1. The minimum Gasteiger partial charge on any atom is -0.306 e. The van der Waals surface area contributed by atoms with E-state index in [1.807, 2.05) is 66.8 Å². The Morgan fingerprint density at radius 3 is 2.44 bits per heavy atom. The summed E-state index contributed by atoms with van der Waals surface area (Å²) in [5.74, 6) is 2.51. The Balaban J connectivity index is 1.14. The van der Waals surface area contributed by atoms with E-state index in [2.05, 4.69) is 143 Å². The molecule has 294 valence electrons. The van der Waals surface area contributed by atoms with Crippen molar-refractivity contribution >= 4 is 76.1 Å². The second-order valence-corrected chi connectivity index (χ2v) is 16.2. The Morgan fingerprint density at radius 1 is 0.738 bits per heavy atom. The Kier molecular flexibility index (Phi) is 10.1. The third-order valence-corrected chi connectivity index (χ3v) is 12.3. The van der Waals surface area contributed by atoms with E-state index in [-0.39, 0.29) is 0 Å². The van der Waals surface area contributed by atoms with E-state index in [1.54, 1.807) is 0 Å². The second-order valence-electron chi connectivity index (χ2n) is 15.1. The molecule has 6 nitrogen and oxygen atoms in total. The van der Waals surface area contributed by atoms with Gasteiger partial charge in [-0.15, -0.1) is 11.3 Å². The van der Waals surface area contributed by atoms with Crippen molar-refractivity contribution in [2.75, 3.05) is 11.4 Å². The van der Waals surface area contributed by atoms with Crippen LogP contribution in [0.2, 0.25) is 0 Å². The van der Waals surface area contributed by atoms with Crippen LogP contribution < -0.4 is 4.90 Å². The molecule has 0 saturated carbocycles. The number of hydrogen-bond donors (Lipinski definition) is 0. The van der Waals surface area contributed by atoms with Crippen molar-refractivity contribution in [2.24, 2.45) is 0 Å². The first-order valence-electron chi connectivity index (χ1n) is 20.5. The van der Waals surface area contributed by atoms with Gasteiger partial charge in [0.25, 0.3) is 0 Å². The predicted molar refractivity (Wildman–Crippen MR) is 258 cm³/mol. The molecule has 4 aromatic heterocycles. The zero-order valence-electron chi connectivity index (χ0n) is 33.9. The molecule has 0 atom stereocenters. The van der Waals surface area contributed by atoms with Crippen molar-refractivity contribution in [1.82, 2.24) is 24.5 Å². The van der Waals surface area contributed by atoms with Gasteiger partial charge in [-0.3, -0.25) is 4.57 Å². The van der Waals surface area contributed by atoms with E-state index >= 15 is 0 Å². The molecule has 0 amide bonds. The van der Waals surface area contributed by atoms with Gasteiger partial charge in [0.05, 0.1) is 16.7 Å². The molecule has 0 bridgehead atoms. The third-order valence-electron chi connectivity index (χ3n) is 11.1. The van der Waals surface area contributed by atoms with Gasteiger partial charge in [-0.25, -0.2) is 9.97 Å². The summed E-state index contributed by atoms with van der Waals surface area (Å²) in [6.45, 7) is 11.6. The number of para-hydroxylation sites is 1. The van der Waals surface area contributed by atoms with E-state index in [9.17, 15) is 0 Å². The average molecular weight is 807 g/mol. The van der Waals surface area contributed by atoms with Crippen LogP contribution in [0, 0.1) is 0 Å². The highest BCUT2D eigenvalue weighted by molar-refractivity contribution is 7.25. The van der Waals surface area contributed by atoms with Crippen LogP contribution in [0.4, 0.5) is 11.6 Å². The summed E-state index contributed by atoms with van der Waals surface area (Å²) in [6, 6.07) is 44.9. The van der Waals surface area contributed by atoms with Crippen molar-refractivity contribution in [3.63, 3.8) is 0 Å². The Bertz CT molecular complexity index is 3290. The van der Waals surface area contributed by atoms with E-state index < -0.39 is 0 Å². The molecule has 9 aromatic rings. The number of pyridine rings is 1. The molecule has 0 unspecified atom stereocenters. The molecule has 0 saturated heterocycles. The summed E-state index contributed by atoms with van der Waals surface area (Å²) in [7, 11) is 0. The van der Waals surface area contributed by atoms with Crippen LogP contribution in [0.1, 0.15) is 36.0 Å². The van der Waals surface area contributed by atoms with Crippen LogP contribution in [-0.2, 0) is 6.42 Å². The van der Waals surface area contributed by atoms with Crippen molar-refractivity contribution in [1.29, 1.82) is 0 Å². The maximum atomic E-state index is 5.40. The summed E-state index contributed by atoms with van der Waals surface area (Å²) in [5, 5.41) is 4.85. The lowest BCUT2D eigenvalue weighted by molar-refractivity contribution is 0.937. The highest BCUT2D eigenvalue weighted by Gasteiger charge is 2.25. The minimum atomic E-state index is 0.513. The molecule has 0 spiro atoms. The molecule has 0 radical (unpaired) electrons. The molecular weight excluding hydrogens is 765 g/mol. The molecule has 1 aliphatic heterocycles. The lowest BCUT2D eigenvalue weighted by Gasteiger charge is -2.26. The Hall–Kier alpha value is -7.48. The number of benzene rings is 5. The van der Waals surface area contributed by atoms with Crippen molar-refractivity contribution in [3.8, 4) is 17.2 Å². The first-order valence-corrected chi connectivity index (χ1v) is 21.4. The van der Waals surface area contributed by atoms with Crippen molar-refractivity contribution < 1.29 is 0 Å². The molecule has 0 aliphatic carbocycles. The number of aromatic nitrogens is 5. The van der Waals surface area contributed by atoms with E-state index in [1.165, 1.54) is 25.7 Å². The molecule has 7 heteroatoms. The Labute approximate surface area is 359 Å². The number of allylic oxidation sites excluding steroid dienone is 9. The minimum absolute atomic E-state index is 0.513. The van der Waals surface area contributed by atoms with Gasteiger partial charge in [-0.2, -0.15) is 9.97 Å². The Morgan fingerprint density at radius 2 is 1.56 bits per heavy atom. The van der Waals surface area contributed by atoms with Gasteiger partial charge >= 0.3 is 0 Å². The predicted octanol–water partition coefficient (Wildman–Crippen LogP) is 13.8. The zero-order valence-corrected chi connectivity index (χ0v) is 34.7. The topological polar surface area (TPSA) is 59.7 Å². The highest BCUT2D eigenvalue weighted by atomic mass is 32.1. The molecule has 61 heavy (non-hydrogen) atoms. The lowest BCUT2D eigenvalue weighted by Crippen LogP contribution is -2.22. The normalized spacial score (nSPS) is 14.2. The van der Waals surface area contributed by atoms with E-state index in [0.717, 1.165) is 61.3 Å². The number of anilines is 2. The fourth-order valence-corrected chi connectivity index (χ4v) is 9.33. The van der Waals surface area contributed by atoms with Gasteiger partial charge in [-0.05, 0) is 72.5 Å². The fourth-order valence-electron chi connectivity index (χ4n) is 8.25. The molecular formula is C54H42N6S. The van der Waals surface area contributed by atoms with Gasteiger partial charge in [-0.1, -0.05) is 147 Å². The smallest absolute Gasteiger partial charge is 0.234 e. The summed E-state index contributed by atoms with van der Waals surface area (Å²) < 4.78 is 4.91. The molecule has 0 fully saturated rings. The molecule has 0 N–H and O–H groups in total. The van der Waals surface area contributed by atoms with Crippen LogP contribution >= 0.6 is 11.3 Å². The third kappa shape index (κ3) is 7.19. The van der Waals surface area contributed by atoms with E-state index in [4.69, 9.17) is 26.5 Å².